The summed E-state index contributed by atoms with van der Waals surface area (Å²) in [7, 11) is 2.16. The first-order chi connectivity index (χ1) is 9.79. The number of rotatable bonds is 5. The van der Waals surface area contributed by atoms with Gasteiger partial charge in [0.2, 0.25) is 0 Å². The minimum Gasteiger partial charge on any atom is -0.379 e. The average Bonchev–Trinajstić information content (AvgIpc) is 3.12. The Morgan fingerprint density at radius 3 is 3.10 bits per heavy atom. The van der Waals surface area contributed by atoms with Crippen molar-refractivity contribution >= 4 is 16.5 Å². The molecule has 0 saturated carbocycles. The maximum Gasteiger partial charge on any atom is 0.185 e. The third-order valence-corrected chi connectivity index (χ3v) is 5.64. The Balaban J connectivity index is 1.76. The van der Waals surface area contributed by atoms with Crippen LogP contribution in [0.1, 0.15) is 49.2 Å². The summed E-state index contributed by atoms with van der Waals surface area (Å²) >= 11 is 1.89. The minimum absolute atomic E-state index is 0.504. The number of ether oxygens (including phenoxy) is 1. The summed E-state index contributed by atoms with van der Waals surface area (Å²) in [5, 5.41) is 4.85. The van der Waals surface area contributed by atoms with Crippen molar-refractivity contribution in [1.29, 1.82) is 0 Å². The second kappa shape index (κ2) is 6.41. The normalized spacial score (nSPS) is 25.7. The number of aryl methyl sites for hydroxylation is 1. The first kappa shape index (κ1) is 14.3. The van der Waals surface area contributed by atoms with Crippen LogP contribution in [0.15, 0.2) is 0 Å². The number of fused-ring (bicyclic) bond motifs is 1. The van der Waals surface area contributed by atoms with Gasteiger partial charge in [-0.25, -0.2) is 4.98 Å². The lowest BCUT2D eigenvalue weighted by molar-refractivity contribution is 0.193. The lowest BCUT2D eigenvalue weighted by atomic mass is 9.98. The van der Waals surface area contributed by atoms with Crippen LogP contribution in [-0.2, 0) is 11.2 Å². The van der Waals surface area contributed by atoms with Crippen LogP contribution in [-0.4, -0.2) is 37.8 Å². The van der Waals surface area contributed by atoms with Gasteiger partial charge in [-0.2, -0.15) is 0 Å². The zero-order chi connectivity index (χ0) is 13.9. The predicted octanol–water partition coefficient (Wildman–Crippen LogP) is 2.75. The molecular weight excluding hydrogens is 270 g/mol. The van der Waals surface area contributed by atoms with E-state index in [9.17, 15) is 0 Å². The minimum atomic E-state index is 0.504. The van der Waals surface area contributed by atoms with Crippen LogP contribution in [0.2, 0.25) is 0 Å². The fraction of sp³-hybridized carbons (Fsp3) is 0.800. The standard InChI is InChI=1S/C15H25N3OS/c1-3-8-16-12-5-4-6-13-14(12)20-15(17-13)18(2)11-7-9-19-10-11/h11-12,16H,3-10H2,1-2H3. The third kappa shape index (κ3) is 2.85. The van der Waals surface area contributed by atoms with Gasteiger partial charge in [-0.3, -0.25) is 0 Å². The largest absolute Gasteiger partial charge is 0.379 e. The predicted molar refractivity (Wildman–Crippen MR) is 83.7 cm³/mol. The van der Waals surface area contributed by atoms with Gasteiger partial charge in [-0.1, -0.05) is 18.3 Å². The first-order valence-electron chi connectivity index (χ1n) is 7.83. The van der Waals surface area contributed by atoms with Crippen molar-refractivity contribution in [2.45, 2.75) is 51.1 Å². The molecule has 2 aliphatic rings. The monoisotopic (exact) mass is 295 g/mol. The van der Waals surface area contributed by atoms with Gasteiger partial charge in [0.25, 0.3) is 0 Å². The van der Waals surface area contributed by atoms with Crippen LogP contribution in [0.4, 0.5) is 5.13 Å². The Morgan fingerprint density at radius 2 is 2.35 bits per heavy atom. The number of thiazole rings is 1. The van der Waals surface area contributed by atoms with E-state index in [0.29, 0.717) is 12.1 Å². The highest BCUT2D eigenvalue weighted by atomic mass is 32.1. The molecule has 0 radical (unpaired) electrons. The second-order valence-electron chi connectivity index (χ2n) is 5.83. The summed E-state index contributed by atoms with van der Waals surface area (Å²) in [6.45, 7) is 5.06. The van der Waals surface area contributed by atoms with Gasteiger partial charge in [0.05, 0.1) is 18.3 Å². The van der Waals surface area contributed by atoms with E-state index in [2.05, 4.69) is 24.2 Å². The van der Waals surface area contributed by atoms with Gasteiger partial charge >= 0.3 is 0 Å². The van der Waals surface area contributed by atoms with Gasteiger partial charge in [0.15, 0.2) is 5.13 Å². The maximum atomic E-state index is 5.50. The number of hydrogen-bond acceptors (Lipinski definition) is 5. The quantitative estimate of drug-likeness (QED) is 0.906. The van der Waals surface area contributed by atoms with Crippen LogP contribution in [0.5, 0.6) is 0 Å². The van der Waals surface area contributed by atoms with E-state index in [1.807, 2.05) is 11.3 Å². The third-order valence-electron chi connectivity index (χ3n) is 4.33. The zero-order valence-electron chi connectivity index (χ0n) is 12.5. The molecule has 112 valence electrons. The highest BCUT2D eigenvalue weighted by molar-refractivity contribution is 7.15. The SMILES string of the molecule is CCCNC1CCCc2nc(N(C)C3CCOC3)sc21. The number of likely N-dealkylation sites (N-methyl/N-ethyl adjacent to an activating group) is 1. The molecule has 1 aliphatic heterocycles. The Bertz CT molecular complexity index is 442. The molecule has 2 heterocycles. The molecule has 2 unspecified atom stereocenters. The zero-order valence-corrected chi connectivity index (χ0v) is 13.3. The second-order valence-corrected chi connectivity index (χ2v) is 6.84. The van der Waals surface area contributed by atoms with Gasteiger partial charge < -0.3 is 15.0 Å². The molecule has 20 heavy (non-hydrogen) atoms. The molecule has 1 aromatic rings. The van der Waals surface area contributed by atoms with E-state index in [-0.39, 0.29) is 0 Å². The van der Waals surface area contributed by atoms with Crippen LogP contribution >= 0.6 is 11.3 Å². The fourth-order valence-electron chi connectivity index (χ4n) is 3.05. The summed E-state index contributed by atoms with van der Waals surface area (Å²) in [4.78, 5) is 8.71. The van der Waals surface area contributed by atoms with E-state index in [1.54, 1.807) is 0 Å². The van der Waals surface area contributed by atoms with Gasteiger partial charge in [-0.15, -0.1) is 0 Å². The number of nitrogens with zero attached hydrogens (tertiary/aromatic N) is 2. The molecule has 2 atom stereocenters. The van der Waals surface area contributed by atoms with Crippen LogP contribution in [0.3, 0.4) is 0 Å². The van der Waals surface area contributed by atoms with Crippen molar-refractivity contribution in [3.63, 3.8) is 0 Å². The van der Waals surface area contributed by atoms with E-state index in [0.717, 1.165) is 32.6 Å². The van der Waals surface area contributed by atoms with E-state index >= 15 is 0 Å². The highest BCUT2D eigenvalue weighted by Gasteiger charge is 2.28. The van der Waals surface area contributed by atoms with E-state index in [4.69, 9.17) is 9.72 Å². The maximum absolute atomic E-state index is 5.50. The fourth-order valence-corrected chi connectivity index (χ4v) is 4.31. The van der Waals surface area contributed by atoms with Crippen molar-refractivity contribution < 1.29 is 4.74 Å². The Kier molecular flexibility index (Phi) is 4.58. The summed E-state index contributed by atoms with van der Waals surface area (Å²) in [5.74, 6) is 0. The van der Waals surface area contributed by atoms with Crippen LogP contribution < -0.4 is 10.2 Å². The molecule has 5 heteroatoms. The molecule has 0 aromatic carbocycles. The average molecular weight is 295 g/mol. The lowest BCUT2D eigenvalue weighted by Gasteiger charge is -2.22. The number of anilines is 1. The van der Waals surface area contributed by atoms with Crippen molar-refractivity contribution in [1.82, 2.24) is 10.3 Å². The van der Waals surface area contributed by atoms with Gasteiger partial charge in [0.1, 0.15) is 0 Å². The van der Waals surface area contributed by atoms with Crippen molar-refractivity contribution in [3.05, 3.63) is 10.6 Å². The summed E-state index contributed by atoms with van der Waals surface area (Å²) < 4.78 is 5.50. The molecular formula is C15H25N3OS. The summed E-state index contributed by atoms with van der Waals surface area (Å²) in [6.07, 6.45) is 5.97. The molecule has 0 spiro atoms. The Morgan fingerprint density at radius 1 is 1.45 bits per heavy atom. The molecule has 1 aromatic heterocycles. The van der Waals surface area contributed by atoms with Crippen molar-refractivity contribution in [2.24, 2.45) is 0 Å². The Labute approximate surface area is 125 Å². The van der Waals surface area contributed by atoms with E-state index < -0.39 is 0 Å². The first-order valence-corrected chi connectivity index (χ1v) is 8.64. The van der Waals surface area contributed by atoms with Crippen LogP contribution in [0, 0.1) is 0 Å². The molecule has 1 fully saturated rings. The Hall–Kier alpha value is -0.650. The van der Waals surface area contributed by atoms with E-state index in [1.165, 1.54) is 35.0 Å². The molecule has 1 aliphatic carbocycles. The topological polar surface area (TPSA) is 37.4 Å². The molecule has 0 amide bonds. The number of hydrogen-bond donors (Lipinski definition) is 1. The molecule has 1 N–H and O–H groups in total. The summed E-state index contributed by atoms with van der Waals surface area (Å²) in [6, 6.07) is 1.03. The molecule has 1 saturated heterocycles. The lowest BCUT2D eigenvalue weighted by Crippen LogP contribution is -2.31. The van der Waals surface area contributed by atoms with Crippen LogP contribution in [0.25, 0.3) is 0 Å². The van der Waals surface area contributed by atoms with Gasteiger partial charge in [-0.05, 0) is 38.6 Å². The summed E-state index contributed by atoms with van der Waals surface area (Å²) in [5.41, 5.74) is 1.33. The molecule has 0 bridgehead atoms. The van der Waals surface area contributed by atoms with Gasteiger partial charge in [0, 0.05) is 24.6 Å². The molecule has 4 nitrogen and oxygen atoms in total. The number of nitrogens with one attached hydrogen (secondary N) is 1. The smallest absolute Gasteiger partial charge is 0.185 e. The van der Waals surface area contributed by atoms with Crippen molar-refractivity contribution in [2.75, 3.05) is 31.7 Å². The number of aromatic nitrogens is 1. The van der Waals surface area contributed by atoms with Crippen molar-refractivity contribution in [3.8, 4) is 0 Å². The molecule has 3 rings (SSSR count). The highest BCUT2D eigenvalue weighted by Crippen LogP contribution is 2.38.